The van der Waals surface area contributed by atoms with Gasteiger partial charge in [-0.3, -0.25) is 0 Å². The third kappa shape index (κ3) is 1.24. The number of pyridine rings is 1. The van der Waals surface area contributed by atoms with Gasteiger partial charge in [0, 0.05) is 17.8 Å². The van der Waals surface area contributed by atoms with Crippen molar-refractivity contribution >= 4 is 11.6 Å². The molecule has 1 aromatic rings. The Bertz CT molecular complexity index is 258. The Morgan fingerprint density at radius 1 is 1.64 bits per heavy atom. The van der Waals surface area contributed by atoms with Gasteiger partial charge in [0.1, 0.15) is 5.15 Å². The zero-order valence-corrected chi connectivity index (χ0v) is 6.80. The van der Waals surface area contributed by atoms with E-state index in [-0.39, 0.29) is 0 Å². The summed E-state index contributed by atoms with van der Waals surface area (Å²) in [5.41, 5.74) is 1.13. The van der Waals surface area contributed by atoms with Gasteiger partial charge in [-0.1, -0.05) is 17.7 Å². The summed E-state index contributed by atoms with van der Waals surface area (Å²) in [5, 5.41) is 3.91. The summed E-state index contributed by atoms with van der Waals surface area (Å²) in [6, 6.07) is 4.38. The molecule has 0 aliphatic carbocycles. The molecule has 2 heterocycles. The van der Waals surface area contributed by atoms with E-state index >= 15 is 0 Å². The molecular weight excluding hydrogens is 160 g/mol. The lowest BCUT2D eigenvalue weighted by atomic mass is 10.00. The van der Waals surface area contributed by atoms with Gasteiger partial charge in [0.05, 0.1) is 0 Å². The zero-order valence-electron chi connectivity index (χ0n) is 6.05. The number of halogens is 1. The van der Waals surface area contributed by atoms with E-state index in [4.69, 9.17) is 11.6 Å². The molecule has 1 aliphatic heterocycles. The van der Waals surface area contributed by atoms with Crippen LogP contribution in [0.3, 0.4) is 0 Å². The van der Waals surface area contributed by atoms with Crippen molar-refractivity contribution in [3.8, 4) is 0 Å². The summed E-state index contributed by atoms with van der Waals surface area (Å²) < 4.78 is 0. The number of nitrogens with zero attached hydrogens (tertiary/aromatic N) is 1. The summed E-state index contributed by atoms with van der Waals surface area (Å²) in [6.45, 7) is 1.09. The number of aromatic nitrogens is 1. The molecule has 0 spiro atoms. The molecule has 0 aromatic carbocycles. The van der Waals surface area contributed by atoms with Crippen LogP contribution >= 0.6 is 11.6 Å². The van der Waals surface area contributed by atoms with Crippen molar-refractivity contribution in [2.24, 2.45) is 0 Å². The standard InChI is InChI=1S/C8H9ClN2/c9-8-6(2-1-4-11-8)7-3-5-10-7/h1-2,4,7,10H,3,5H2. The fraction of sp³-hybridized carbons (Fsp3) is 0.375. The highest BCUT2D eigenvalue weighted by Gasteiger charge is 2.20. The molecule has 11 heavy (non-hydrogen) atoms. The van der Waals surface area contributed by atoms with E-state index in [1.165, 1.54) is 6.42 Å². The summed E-state index contributed by atoms with van der Waals surface area (Å²) >= 11 is 5.88. The van der Waals surface area contributed by atoms with Gasteiger partial charge in [0.25, 0.3) is 0 Å². The van der Waals surface area contributed by atoms with E-state index in [1.54, 1.807) is 6.20 Å². The third-order valence-electron chi connectivity index (χ3n) is 1.99. The summed E-state index contributed by atoms with van der Waals surface area (Å²) in [7, 11) is 0. The first-order valence-corrected chi connectivity index (χ1v) is 4.09. The molecule has 0 radical (unpaired) electrons. The van der Waals surface area contributed by atoms with Gasteiger partial charge < -0.3 is 5.32 Å². The first-order chi connectivity index (χ1) is 5.38. The highest BCUT2D eigenvalue weighted by Crippen LogP contribution is 2.26. The van der Waals surface area contributed by atoms with Crippen LogP contribution in [0.15, 0.2) is 18.3 Å². The minimum atomic E-state index is 0.441. The molecule has 0 bridgehead atoms. The number of nitrogens with one attached hydrogen (secondary N) is 1. The Hall–Kier alpha value is -0.600. The number of hydrogen-bond donors (Lipinski definition) is 1. The second-order valence-corrected chi connectivity index (χ2v) is 3.04. The Morgan fingerprint density at radius 2 is 2.45 bits per heavy atom. The lowest BCUT2D eigenvalue weighted by molar-refractivity contribution is 0.382. The van der Waals surface area contributed by atoms with Crippen molar-refractivity contribution in [3.05, 3.63) is 29.0 Å². The lowest BCUT2D eigenvalue weighted by Gasteiger charge is -2.28. The molecule has 1 aromatic heterocycles. The Balaban J connectivity index is 2.28. The van der Waals surface area contributed by atoms with Gasteiger partial charge in [-0.05, 0) is 19.0 Å². The molecule has 2 rings (SSSR count). The van der Waals surface area contributed by atoms with E-state index in [0.717, 1.165) is 12.1 Å². The molecule has 1 N–H and O–H groups in total. The lowest BCUT2D eigenvalue weighted by Crippen LogP contribution is -2.35. The number of rotatable bonds is 1. The average Bonchev–Trinajstić information content (AvgIpc) is 1.90. The van der Waals surface area contributed by atoms with E-state index in [9.17, 15) is 0 Å². The third-order valence-corrected chi connectivity index (χ3v) is 2.30. The first kappa shape index (κ1) is 7.07. The SMILES string of the molecule is Clc1ncccc1C1CCN1. The molecule has 2 nitrogen and oxygen atoms in total. The van der Waals surface area contributed by atoms with E-state index in [1.807, 2.05) is 12.1 Å². The van der Waals surface area contributed by atoms with Crippen LogP contribution in [0.25, 0.3) is 0 Å². The van der Waals surface area contributed by atoms with Crippen molar-refractivity contribution in [3.63, 3.8) is 0 Å². The molecule has 1 fully saturated rings. The van der Waals surface area contributed by atoms with Crippen molar-refractivity contribution in [2.45, 2.75) is 12.5 Å². The predicted molar refractivity (Wildman–Crippen MR) is 44.6 cm³/mol. The zero-order chi connectivity index (χ0) is 7.68. The molecule has 0 saturated carbocycles. The monoisotopic (exact) mass is 168 g/mol. The smallest absolute Gasteiger partial charge is 0.133 e. The van der Waals surface area contributed by atoms with Crippen molar-refractivity contribution in [1.82, 2.24) is 10.3 Å². The molecule has 0 amide bonds. The molecular formula is C8H9ClN2. The van der Waals surface area contributed by atoms with Crippen LogP contribution in [0.5, 0.6) is 0 Å². The Kier molecular flexibility index (Phi) is 1.80. The minimum absolute atomic E-state index is 0.441. The summed E-state index contributed by atoms with van der Waals surface area (Å²) in [6.07, 6.45) is 2.88. The summed E-state index contributed by atoms with van der Waals surface area (Å²) in [4.78, 5) is 4.01. The first-order valence-electron chi connectivity index (χ1n) is 3.72. The second-order valence-electron chi connectivity index (χ2n) is 2.68. The maximum absolute atomic E-state index is 5.88. The van der Waals surface area contributed by atoms with E-state index < -0.39 is 0 Å². The van der Waals surface area contributed by atoms with Crippen LogP contribution in [-0.4, -0.2) is 11.5 Å². The van der Waals surface area contributed by atoms with Gasteiger partial charge >= 0.3 is 0 Å². The van der Waals surface area contributed by atoms with Gasteiger partial charge in [0.2, 0.25) is 0 Å². The number of hydrogen-bond acceptors (Lipinski definition) is 2. The van der Waals surface area contributed by atoms with Gasteiger partial charge in [0.15, 0.2) is 0 Å². The van der Waals surface area contributed by atoms with Crippen LogP contribution in [0.4, 0.5) is 0 Å². The van der Waals surface area contributed by atoms with E-state index in [0.29, 0.717) is 11.2 Å². The van der Waals surface area contributed by atoms with Crippen molar-refractivity contribution < 1.29 is 0 Å². The van der Waals surface area contributed by atoms with Crippen molar-refractivity contribution in [2.75, 3.05) is 6.54 Å². The van der Waals surface area contributed by atoms with Crippen LogP contribution < -0.4 is 5.32 Å². The molecule has 1 saturated heterocycles. The quantitative estimate of drug-likeness (QED) is 0.647. The Labute approximate surface area is 70.6 Å². The molecule has 1 unspecified atom stereocenters. The average molecular weight is 169 g/mol. The van der Waals surface area contributed by atoms with Gasteiger partial charge in [-0.2, -0.15) is 0 Å². The largest absolute Gasteiger partial charge is 0.310 e. The maximum atomic E-state index is 5.88. The highest BCUT2D eigenvalue weighted by atomic mass is 35.5. The fourth-order valence-corrected chi connectivity index (χ4v) is 1.46. The van der Waals surface area contributed by atoms with E-state index in [2.05, 4.69) is 10.3 Å². The van der Waals surface area contributed by atoms with Gasteiger partial charge in [-0.15, -0.1) is 0 Å². The topological polar surface area (TPSA) is 24.9 Å². The van der Waals surface area contributed by atoms with Crippen LogP contribution in [0, 0.1) is 0 Å². The van der Waals surface area contributed by atoms with Crippen molar-refractivity contribution in [1.29, 1.82) is 0 Å². The fourth-order valence-electron chi connectivity index (χ4n) is 1.21. The molecule has 1 atom stereocenters. The normalized spacial score (nSPS) is 22.8. The molecule has 58 valence electrons. The molecule has 1 aliphatic rings. The maximum Gasteiger partial charge on any atom is 0.133 e. The Morgan fingerprint density at radius 3 is 3.00 bits per heavy atom. The minimum Gasteiger partial charge on any atom is -0.310 e. The predicted octanol–water partition coefficient (Wildman–Crippen LogP) is 1.77. The van der Waals surface area contributed by atoms with Gasteiger partial charge in [-0.25, -0.2) is 4.98 Å². The van der Waals surface area contributed by atoms with Crippen LogP contribution in [0.2, 0.25) is 5.15 Å². The molecule has 3 heteroatoms. The van der Waals surface area contributed by atoms with Crippen LogP contribution in [0.1, 0.15) is 18.0 Å². The highest BCUT2D eigenvalue weighted by molar-refractivity contribution is 6.30. The van der Waals surface area contributed by atoms with Crippen LogP contribution in [-0.2, 0) is 0 Å². The summed E-state index contributed by atoms with van der Waals surface area (Å²) in [5.74, 6) is 0. The second kappa shape index (κ2) is 2.80.